The molecule has 0 saturated carbocycles. The van der Waals surface area contributed by atoms with Crippen LogP contribution in [0.5, 0.6) is 11.5 Å². The second-order valence-electron chi connectivity index (χ2n) is 5.39. The van der Waals surface area contributed by atoms with Crippen LogP contribution in [0.1, 0.15) is 28.0 Å². The zero-order valence-corrected chi connectivity index (χ0v) is 14.2. The van der Waals surface area contributed by atoms with Gasteiger partial charge in [0.2, 0.25) is 0 Å². The lowest BCUT2D eigenvalue weighted by molar-refractivity contribution is 0.0913. The van der Waals surface area contributed by atoms with Crippen molar-refractivity contribution in [2.75, 3.05) is 14.2 Å². The number of amides is 1. The minimum absolute atomic E-state index is 0.236. The van der Waals surface area contributed by atoms with Gasteiger partial charge in [0.25, 0.3) is 5.91 Å². The van der Waals surface area contributed by atoms with Gasteiger partial charge in [0, 0.05) is 19.4 Å². The zero-order chi connectivity index (χ0) is 17.8. The molecule has 1 amide bonds. The monoisotopic (exact) mass is 341 g/mol. The van der Waals surface area contributed by atoms with Crippen LogP contribution in [0.2, 0.25) is 0 Å². The molecule has 1 atom stereocenters. The highest BCUT2D eigenvalue weighted by Gasteiger charge is 2.23. The first-order valence-corrected chi connectivity index (χ1v) is 7.67. The summed E-state index contributed by atoms with van der Waals surface area (Å²) in [6.07, 6.45) is 4.96. The molecule has 7 nitrogen and oxygen atoms in total. The molecule has 1 N–H and O–H groups in total. The Bertz CT molecular complexity index is 855. The largest absolute Gasteiger partial charge is 0.493 e. The molecule has 0 fully saturated rings. The number of carbonyl (C=O) groups excluding carboxylic acids is 1. The Morgan fingerprint density at radius 2 is 2.04 bits per heavy atom. The number of aryl methyl sites for hydroxylation is 1. The second-order valence-corrected chi connectivity index (χ2v) is 5.39. The second kappa shape index (κ2) is 7.12. The molecule has 130 valence electrons. The number of imidazole rings is 1. The van der Waals surface area contributed by atoms with Gasteiger partial charge in [0.1, 0.15) is 11.9 Å². The molecule has 2 aromatic heterocycles. The highest BCUT2D eigenvalue weighted by molar-refractivity contribution is 5.91. The molecule has 25 heavy (non-hydrogen) atoms. The summed E-state index contributed by atoms with van der Waals surface area (Å²) in [4.78, 5) is 16.8. The molecular formula is C18H19N3O4. The topological polar surface area (TPSA) is 78.5 Å². The van der Waals surface area contributed by atoms with E-state index in [9.17, 15) is 4.79 Å². The van der Waals surface area contributed by atoms with E-state index >= 15 is 0 Å². The molecule has 0 radical (unpaired) electrons. The van der Waals surface area contributed by atoms with E-state index in [4.69, 9.17) is 13.9 Å². The average Bonchev–Trinajstić information content (AvgIpc) is 3.30. The van der Waals surface area contributed by atoms with E-state index in [1.807, 2.05) is 29.9 Å². The van der Waals surface area contributed by atoms with Gasteiger partial charge in [-0.3, -0.25) is 4.79 Å². The van der Waals surface area contributed by atoms with Gasteiger partial charge in [0.15, 0.2) is 17.3 Å². The molecule has 3 rings (SSSR count). The maximum absolute atomic E-state index is 12.5. The molecule has 1 aromatic carbocycles. The number of aromatic nitrogens is 2. The Hall–Kier alpha value is -3.22. The predicted molar refractivity (Wildman–Crippen MR) is 90.8 cm³/mol. The summed E-state index contributed by atoms with van der Waals surface area (Å²) in [5.41, 5.74) is 0.812. The number of methoxy groups -OCH3 is 2. The van der Waals surface area contributed by atoms with Crippen molar-refractivity contribution in [2.45, 2.75) is 6.04 Å². The summed E-state index contributed by atoms with van der Waals surface area (Å²) in [6.45, 7) is 0. The first-order valence-electron chi connectivity index (χ1n) is 7.67. The Morgan fingerprint density at radius 1 is 1.24 bits per heavy atom. The summed E-state index contributed by atoms with van der Waals surface area (Å²) in [7, 11) is 5.01. The number of ether oxygens (including phenoxy) is 2. The number of benzene rings is 1. The van der Waals surface area contributed by atoms with Gasteiger partial charge in [-0.15, -0.1) is 0 Å². The fraction of sp³-hybridized carbons (Fsp3) is 0.222. The molecule has 0 aliphatic rings. The maximum Gasteiger partial charge on any atom is 0.287 e. The predicted octanol–water partition coefficient (Wildman–Crippen LogP) is 2.55. The van der Waals surface area contributed by atoms with Crippen molar-refractivity contribution in [1.82, 2.24) is 14.9 Å². The van der Waals surface area contributed by atoms with Gasteiger partial charge in [-0.05, 0) is 29.8 Å². The van der Waals surface area contributed by atoms with Crippen molar-refractivity contribution in [1.29, 1.82) is 0 Å². The van der Waals surface area contributed by atoms with E-state index in [2.05, 4.69) is 10.3 Å². The molecule has 0 aliphatic heterocycles. The Kier molecular flexibility index (Phi) is 4.74. The molecule has 1 unspecified atom stereocenters. The van der Waals surface area contributed by atoms with Gasteiger partial charge in [-0.1, -0.05) is 6.07 Å². The highest BCUT2D eigenvalue weighted by atomic mass is 16.5. The standard InChI is InChI=1S/C18H19N3O4/c1-21-9-8-19-17(21)16(20-18(22)14-5-4-10-25-14)12-6-7-13(23-2)15(11-12)24-3/h4-11,16H,1-3H3,(H,20,22). The quantitative estimate of drug-likeness (QED) is 0.745. The van der Waals surface area contributed by atoms with Crippen LogP contribution in [-0.2, 0) is 7.05 Å². The first-order chi connectivity index (χ1) is 12.1. The van der Waals surface area contributed by atoms with E-state index in [0.29, 0.717) is 17.3 Å². The summed E-state index contributed by atoms with van der Waals surface area (Å²) in [5.74, 6) is 1.79. The molecule has 3 aromatic rings. The fourth-order valence-electron chi connectivity index (χ4n) is 2.59. The molecule has 0 saturated heterocycles. The Balaban J connectivity index is 2.00. The van der Waals surface area contributed by atoms with Crippen LogP contribution in [0, 0.1) is 0 Å². The van der Waals surface area contributed by atoms with Gasteiger partial charge < -0.3 is 23.8 Å². The minimum atomic E-state index is -0.475. The molecule has 7 heteroatoms. The number of nitrogens with zero attached hydrogens (tertiary/aromatic N) is 2. The zero-order valence-electron chi connectivity index (χ0n) is 14.2. The number of carbonyl (C=O) groups is 1. The number of rotatable bonds is 6. The van der Waals surface area contributed by atoms with Gasteiger partial charge in [0.05, 0.1) is 20.5 Å². The highest BCUT2D eigenvalue weighted by Crippen LogP contribution is 2.32. The molecular weight excluding hydrogens is 322 g/mol. The smallest absolute Gasteiger partial charge is 0.287 e. The van der Waals surface area contributed by atoms with E-state index in [1.54, 1.807) is 38.6 Å². The van der Waals surface area contributed by atoms with Gasteiger partial charge >= 0.3 is 0 Å². The van der Waals surface area contributed by atoms with Crippen molar-refractivity contribution in [3.05, 3.63) is 66.1 Å². The van der Waals surface area contributed by atoms with Crippen LogP contribution in [0.3, 0.4) is 0 Å². The number of nitrogens with one attached hydrogen (secondary N) is 1. The van der Waals surface area contributed by atoms with Crippen molar-refractivity contribution in [3.8, 4) is 11.5 Å². The van der Waals surface area contributed by atoms with Crippen LogP contribution in [0.15, 0.2) is 53.4 Å². The van der Waals surface area contributed by atoms with Crippen molar-refractivity contribution < 1.29 is 18.7 Å². The normalized spacial score (nSPS) is 11.8. The van der Waals surface area contributed by atoms with E-state index in [1.165, 1.54) is 6.26 Å². The third-order valence-electron chi connectivity index (χ3n) is 3.88. The van der Waals surface area contributed by atoms with Gasteiger partial charge in [-0.2, -0.15) is 0 Å². The van der Waals surface area contributed by atoms with Crippen LogP contribution in [0.4, 0.5) is 0 Å². The molecule has 2 heterocycles. The first kappa shape index (κ1) is 16.6. The molecule has 0 aliphatic carbocycles. The minimum Gasteiger partial charge on any atom is -0.493 e. The summed E-state index contributed by atoms with van der Waals surface area (Å²) < 4.78 is 17.7. The average molecular weight is 341 g/mol. The Labute approximate surface area is 145 Å². The van der Waals surface area contributed by atoms with Crippen molar-refractivity contribution in [3.63, 3.8) is 0 Å². The third kappa shape index (κ3) is 3.35. The van der Waals surface area contributed by atoms with E-state index in [0.717, 1.165) is 5.56 Å². The lowest BCUT2D eigenvalue weighted by Gasteiger charge is -2.20. The number of hydrogen-bond acceptors (Lipinski definition) is 5. The fourth-order valence-corrected chi connectivity index (χ4v) is 2.59. The Morgan fingerprint density at radius 3 is 2.64 bits per heavy atom. The van der Waals surface area contributed by atoms with Crippen LogP contribution in [0.25, 0.3) is 0 Å². The van der Waals surface area contributed by atoms with Crippen molar-refractivity contribution in [2.24, 2.45) is 7.05 Å². The van der Waals surface area contributed by atoms with Crippen LogP contribution >= 0.6 is 0 Å². The van der Waals surface area contributed by atoms with Gasteiger partial charge in [-0.25, -0.2) is 4.98 Å². The SMILES string of the molecule is COc1ccc(C(NC(=O)c2ccco2)c2nccn2C)cc1OC. The van der Waals surface area contributed by atoms with E-state index < -0.39 is 6.04 Å². The number of hydrogen-bond donors (Lipinski definition) is 1. The summed E-state index contributed by atoms with van der Waals surface area (Å²) in [5, 5.41) is 2.96. The van der Waals surface area contributed by atoms with Crippen LogP contribution in [-0.4, -0.2) is 29.7 Å². The lowest BCUT2D eigenvalue weighted by atomic mass is 10.0. The van der Waals surface area contributed by atoms with Crippen molar-refractivity contribution >= 4 is 5.91 Å². The van der Waals surface area contributed by atoms with Crippen LogP contribution < -0.4 is 14.8 Å². The summed E-state index contributed by atoms with van der Waals surface area (Å²) >= 11 is 0. The maximum atomic E-state index is 12.5. The molecule has 0 bridgehead atoms. The number of furan rings is 1. The van der Waals surface area contributed by atoms with E-state index in [-0.39, 0.29) is 11.7 Å². The third-order valence-corrected chi connectivity index (χ3v) is 3.88. The molecule has 0 spiro atoms. The summed E-state index contributed by atoms with van der Waals surface area (Å²) in [6, 6.07) is 8.28. The lowest BCUT2D eigenvalue weighted by Crippen LogP contribution is -2.30.